The van der Waals surface area contributed by atoms with E-state index in [9.17, 15) is 4.79 Å². The quantitative estimate of drug-likeness (QED) is 0.743. The molecule has 0 spiro atoms. The van der Waals surface area contributed by atoms with E-state index in [4.69, 9.17) is 4.74 Å². The van der Waals surface area contributed by atoms with E-state index < -0.39 is 0 Å². The lowest BCUT2D eigenvalue weighted by molar-refractivity contribution is 0.0992. The Bertz CT molecular complexity index is 537. The average molecular weight is 255 g/mol. The maximum atomic E-state index is 12.2. The summed E-state index contributed by atoms with van der Waals surface area (Å²) in [6, 6.07) is 11.1. The van der Waals surface area contributed by atoms with Crippen LogP contribution in [0.25, 0.3) is 0 Å². The van der Waals surface area contributed by atoms with Crippen LogP contribution >= 0.6 is 0 Å². The van der Waals surface area contributed by atoms with Gasteiger partial charge in [0, 0.05) is 24.4 Å². The fourth-order valence-electron chi connectivity index (χ4n) is 1.77. The topological polar surface area (TPSA) is 39.2 Å². The van der Waals surface area contributed by atoms with Gasteiger partial charge in [-0.2, -0.15) is 0 Å². The van der Waals surface area contributed by atoms with E-state index in [1.165, 1.54) is 0 Å². The van der Waals surface area contributed by atoms with Crippen molar-refractivity contribution >= 4 is 5.78 Å². The Labute approximate surface area is 113 Å². The Kier molecular flexibility index (Phi) is 4.67. The summed E-state index contributed by atoms with van der Waals surface area (Å²) >= 11 is 0. The van der Waals surface area contributed by atoms with Crippen molar-refractivity contribution < 1.29 is 9.53 Å². The van der Waals surface area contributed by atoms with Crippen LogP contribution in [-0.4, -0.2) is 17.4 Å². The first-order chi connectivity index (χ1) is 9.29. The second kappa shape index (κ2) is 6.69. The highest BCUT2D eigenvalue weighted by molar-refractivity contribution is 5.97. The van der Waals surface area contributed by atoms with Crippen LogP contribution in [0.4, 0.5) is 0 Å². The van der Waals surface area contributed by atoms with E-state index in [2.05, 4.69) is 11.9 Å². The van der Waals surface area contributed by atoms with Crippen LogP contribution in [0.3, 0.4) is 0 Å². The first-order valence-electron chi connectivity index (χ1n) is 6.44. The zero-order valence-electron chi connectivity index (χ0n) is 11.0. The highest BCUT2D eigenvalue weighted by Crippen LogP contribution is 2.15. The summed E-state index contributed by atoms with van der Waals surface area (Å²) < 4.78 is 5.53. The minimum absolute atomic E-state index is 0.0909. The van der Waals surface area contributed by atoms with Crippen LogP contribution < -0.4 is 4.74 Å². The van der Waals surface area contributed by atoms with Crippen molar-refractivity contribution in [2.75, 3.05) is 6.61 Å². The van der Waals surface area contributed by atoms with Gasteiger partial charge < -0.3 is 4.74 Å². The number of Topliss-reactive ketones (excluding diaryl/α,β-unsaturated/α-hetero) is 1. The molecule has 0 unspecified atom stereocenters. The largest absolute Gasteiger partial charge is 0.494 e. The van der Waals surface area contributed by atoms with Gasteiger partial charge in [0.1, 0.15) is 5.75 Å². The van der Waals surface area contributed by atoms with Gasteiger partial charge in [0.25, 0.3) is 0 Å². The predicted molar refractivity (Wildman–Crippen MR) is 74.5 cm³/mol. The molecule has 0 fully saturated rings. The summed E-state index contributed by atoms with van der Waals surface area (Å²) in [6.07, 6.45) is 4.74. The van der Waals surface area contributed by atoms with Crippen LogP contribution in [0.2, 0.25) is 0 Å². The maximum absolute atomic E-state index is 12.2. The molecule has 2 aromatic rings. The van der Waals surface area contributed by atoms with Gasteiger partial charge in [0.2, 0.25) is 0 Å². The third-order valence-electron chi connectivity index (χ3n) is 2.74. The Balaban J connectivity index is 2.06. The summed E-state index contributed by atoms with van der Waals surface area (Å²) in [5.74, 6) is 0.843. The number of carbonyl (C=O) groups is 1. The molecule has 2 rings (SSSR count). The van der Waals surface area contributed by atoms with Crippen molar-refractivity contribution in [2.45, 2.75) is 19.8 Å². The molecule has 0 aliphatic carbocycles. The van der Waals surface area contributed by atoms with E-state index in [-0.39, 0.29) is 5.78 Å². The molecule has 0 amide bonds. The van der Waals surface area contributed by atoms with Gasteiger partial charge in [-0.15, -0.1) is 0 Å². The third-order valence-corrected chi connectivity index (χ3v) is 2.74. The summed E-state index contributed by atoms with van der Waals surface area (Å²) in [4.78, 5) is 16.1. The standard InChI is InChI=1S/C16H17NO2/c1-2-10-19-15-5-3-4-14(12-15)16(18)11-13-6-8-17-9-7-13/h3-9,12H,2,10-11H2,1H3. The molecular weight excluding hydrogens is 238 g/mol. The lowest BCUT2D eigenvalue weighted by Gasteiger charge is -2.06. The van der Waals surface area contributed by atoms with E-state index in [0.717, 1.165) is 17.7 Å². The highest BCUT2D eigenvalue weighted by Gasteiger charge is 2.08. The van der Waals surface area contributed by atoms with Crippen LogP contribution in [0, 0.1) is 0 Å². The number of ether oxygens (including phenoxy) is 1. The molecule has 0 aliphatic rings. The van der Waals surface area contributed by atoms with E-state index in [1.54, 1.807) is 18.5 Å². The van der Waals surface area contributed by atoms with Crippen molar-refractivity contribution in [3.8, 4) is 5.75 Å². The van der Waals surface area contributed by atoms with Gasteiger partial charge in [-0.25, -0.2) is 0 Å². The number of rotatable bonds is 6. The molecule has 0 N–H and O–H groups in total. The summed E-state index contributed by atoms with van der Waals surface area (Å²) in [5.41, 5.74) is 1.66. The number of hydrogen-bond donors (Lipinski definition) is 0. The van der Waals surface area contributed by atoms with Crippen molar-refractivity contribution in [2.24, 2.45) is 0 Å². The molecule has 1 aromatic carbocycles. The maximum Gasteiger partial charge on any atom is 0.167 e. The molecule has 1 heterocycles. The molecule has 0 radical (unpaired) electrons. The Morgan fingerprint density at radius 3 is 2.74 bits per heavy atom. The first-order valence-corrected chi connectivity index (χ1v) is 6.44. The zero-order chi connectivity index (χ0) is 13.5. The van der Waals surface area contributed by atoms with Crippen molar-refractivity contribution in [3.05, 3.63) is 59.9 Å². The van der Waals surface area contributed by atoms with E-state index >= 15 is 0 Å². The minimum Gasteiger partial charge on any atom is -0.494 e. The van der Waals surface area contributed by atoms with Crippen LogP contribution in [0.5, 0.6) is 5.75 Å². The van der Waals surface area contributed by atoms with Gasteiger partial charge in [-0.05, 0) is 36.2 Å². The van der Waals surface area contributed by atoms with E-state index in [0.29, 0.717) is 18.6 Å². The molecular formula is C16H17NO2. The minimum atomic E-state index is 0.0909. The third kappa shape index (κ3) is 3.91. The number of nitrogens with zero attached hydrogens (tertiary/aromatic N) is 1. The van der Waals surface area contributed by atoms with Gasteiger partial charge in [-0.1, -0.05) is 19.1 Å². The van der Waals surface area contributed by atoms with Crippen LogP contribution in [0.15, 0.2) is 48.8 Å². The SMILES string of the molecule is CCCOc1cccc(C(=O)Cc2ccncc2)c1. The van der Waals surface area contributed by atoms with Gasteiger partial charge >= 0.3 is 0 Å². The Hall–Kier alpha value is -2.16. The number of ketones is 1. The zero-order valence-corrected chi connectivity index (χ0v) is 11.0. The second-order valence-electron chi connectivity index (χ2n) is 4.33. The molecule has 0 saturated heterocycles. The van der Waals surface area contributed by atoms with Crippen molar-refractivity contribution in [3.63, 3.8) is 0 Å². The van der Waals surface area contributed by atoms with Crippen LogP contribution in [0.1, 0.15) is 29.3 Å². The number of carbonyl (C=O) groups excluding carboxylic acids is 1. The van der Waals surface area contributed by atoms with Crippen molar-refractivity contribution in [1.82, 2.24) is 4.98 Å². The molecule has 19 heavy (non-hydrogen) atoms. The van der Waals surface area contributed by atoms with Crippen LogP contribution in [-0.2, 0) is 6.42 Å². The van der Waals surface area contributed by atoms with Gasteiger partial charge in [0.05, 0.1) is 6.61 Å². The number of pyridine rings is 1. The number of hydrogen-bond acceptors (Lipinski definition) is 3. The van der Waals surface area contributed by atoms with Crippen molar-refractivity contribution in [1.29, 1.82) is 0 Å². The lowest BCUT2D eigenvalue weighted by atomic mass is 10.0. The second-order valence-corrected chi connectivity index (χ2v) is 4.33. The molecule has 1 aromatic heterocycles. The summed E-state index contributed by atoms with van der Waals surface area (Å²) in [7, 11) is 0. The normalized spacial score (nSPS) is 10.2. The smallest absolute Gasteiger partial charge is 0.167 e. The van der Waals surface area contributed by atoms with Gasteiger partial charge in [-0.3, -0.25) is 9.78 Å². The summed E-state index contributed by atoms with van der Waals surface area (Å²) in [5, 5.41) is 0. The molecule has 0 saturated carbocycles. The average Bonchev–Trinajstić information content (AvgIpc) is 2.46. The highest BCUT2D eigenvalue weighted by atomic mass is 16.5. The number of benzene rings is 1. The molecule has 0 aliphatic heterocycles. The van der Waals surface area contributed by atoms with Gasteiger partial charge in [0.15, 0.2) is 5.78 Å². The Morgan fingerprint density at radius 2 is 2.00 bits per heavy atom. The molecule has 0 atom stereocenters. The fraction of sp³-hybridized carbons (Fsp3) is 0.250. The Morgan fingerprint density at radius 1 is 1.21 bits per heavy atom. The molecule has 98 valence electrons. The van der Waals surface area contributed by atoms with E-state index in [1.807, 2.05) is 30.3 Å². The predicted octanol–water partition coefficient (Wildman–Crippen LogP) is 3.30. The first kappa shape index (κ1) is 13.3. The summed E-state index contributed by atoms with van der Waals surface area (Å²) in [6.45, 7) is 2.72. The molecule has 3 heteroatoms. The molecule has 0 bridgehead atoms. The number of aromatic nitrogens is 1. The monoisotopic (exact) mass is 255 g/mol. The molecule has 3 nitrogen and oxygen atoms in total. The fourth-order valence-corrected chi connectivity index (χ4v) is 1.77. The lowest BCUT2D eigenvalue weighted by Crippen LogP contribution is -2.04.